The van der Waals surface area contributed by atoms with Crippen molar-refractivity contribution in [1.29, 1.82) is 0 Å². The molecule has 2 N–H and O–H groups in total. The number of benzene rings is 2. The summed E-state index contributed by atoms with van der Waals surface area (Å²) in [4.78, 5) is 12.4. The predicted molar refractivity (Wildman–Crippen MR) is 118 cm³/mol. The third-order valence-corrected chi connectivity index (χ3v) is 6.95. The predicted octanol–water partition coefficient (Wildman–Crippen LogP) is 4.34. The minimum atomic E-state index is -3.96. The smallest absolute Gasteiger partial charge is 0.261 e. The zero-order valence-electron chi connectivity index (χ0n) is 17.6. The maximum absolute atomic E-state index is 13.7. The number of carbonyl (C=O) groups is 1. The molecule has 6 nitrogen and oxygen atoms in total. The Kier molecular flexibility index (Phi) is 8.03. The Morgan fingerprint density at radius 1 is 1.13 bits per heavy atom. The van der Waals surface area contributed by atoms with E-state index in [1.54, 1.807) is 0 Å². The number of nitrogens with one attached hydrogen (secondary N) is 2. The van der Waals surface area contributed by atoms with Crippen LogP contribution in [-0.2, 0) is 14.8 Å². The summed E-state index contributed by atoms with van der Waals surface area (Å²) in [7, 11) is -3.96. The topological polar surface area (TPSA) is 84.5 Å². The van der Waals surface area contributed by atoms with E-state index < -0.39 is 15.8 Å². The van der Waals surface area contributed by atoms with E-state index in [1.165, 1.54) is 74.2 Å². The van der Waals surface area contributed by atoms with Crippen LogP contribution in [-0.4, -0.2) is 33.6 Å². The fourth-order valence-corrected chi connectivity index (χ4v) is 5.03. The molecule has 1 atom stereocenters. The van der Waals surface area contributed by atoms with Gasteiger partial charge in [-0.1, -0.05) is 25.0 Å². The maximum Gasteiger partial charge on any atom is 0.261 e. The van der Waals surface area contributed by atoms with Crippen LogP contribution in [0.4, 0.5) is 10.1 Å². The van der Waals surface area contributed by atoms with Crippen molar-refractivity contribution >= 4 is 21.6 Å². The van der Waals surface area contributed by atoms with Gasteiger partial charge in [-0.05, 0) is 68.5 Å². The lowest BCUT2D eigenvalue weighted by Crippen LogP contribution is -2.31. The van der Waals surface area contributed by atoms with Gasteiger partial charge in [-0.25, -0.2) is 12.8 Å². The molecule has 1 unspecified atom stereocenters. The second-order valence-corrected chi connectivity index (χ2v) is 9.38. The van der Waals surface area contributed by atoms with Crippen molar-refractivity contribution in [3.63, 3.8) is 0 Å². The standard InChI is InChI=1S/C23H29FN2O4S/c1-2-30-22(17-7-3-4-8-17)15-16-25-23(27)18-11-13-19(14-12-18)31(28,29)26-21-10-6-5-9-20(21)24/h5-6,9-14,17,22,26H,2-4,7-8,15-16H2,1H3,(H,25,27). The fourth-order valence-electron chi connectivity index (χ4n) is 3.96. The third-order valence-electron chi connectivity index (χ3n) is 5.57. The molecule has 0 aromatic heterocycles. The third kappa shape index (κ3) is 6.27. The summed E-state index contributed by atoms with van der Waals surface area (Å²) < 4.78 is 46.8. The van der Waals surface area contributed by atoms with Gasteiger partial charge in [-0.3, -0.25) is 9.52 Å². The lowest BCUT2D eigenvalue weighted by atomic mass is 9.98. The number of anilines is 1. The Morgan fingerprint density at radius 3 is 2.45 bits per heavy atom. The first kappa shape index (κ1) is 23.2. The molecule has 31 heavy (non-hydrogen) atoms. The molecule has 8 heteroatoms. The number of ether oxygens (including phenoxy) is 1. The van der Waals surface area contributed by atoms with Gasteiger partial charge in [0.25, 0.3) is 15.9 Å². The average molecular weight is 449 g/mol. The summed E-state index contributed by atoms with van der Waals surface area (Å²) >= 11 is 0. The SMILES string of the molecule is CCOC(CCNC(=O)c1ccc(S(=O)(=O)Nc2ccccc2F)cc1)C1CCCC1. The molecule has 1 fully saturated rings. The summed E-state index contributed by atoms with van der Waals surface area (Å²) in [6, 6.07) is 11.1. The van der Waals surface area contributed by atoms with Crippen LogP contribution >= 0.6 is 0 Å². The van der Waals surface area contributed by atoms with Crippen LogP contribution in [0.3, 0.4) is 0 Å². The minimum absolute atomic E-state index is 0.0510. The molecular weight excluding hydrogens is 419 g/mol. The summed E-state index contributed by atoms with van der Waals surface area (Å²) in [5, 5.41) is 2.88. The molecular formula is C23H29FN2O4S. The highest BCUT2D eigenvalue weighted by atomic mass is 32.2. The van der Waals surface area contributed by atoms with Gasteiger partial charge in [0.15, 0.2) is 0 Å². The van der Waals surface area contributed by atoms with Crippen molar-refractivity contribution in [3.05, 3.63) is 59.9 Å². The maximum atomic E-state index is 13.7. The van der Waals surface area contributed by atoms with E-state index in [4.69, 9.17) is 4.74 Å². The van der Waals surface area contributed by atoms with Crippen molar-refractivity contribution in [1.82, 2.24) is 5.32 Å². The Hall–Kier alpha value is -2.45. The number of para-hydroxylation sites is 1. The van der Waals surface area contributed by atoms with Gasteiger partial charge in [0.05, 0.1) is 16.7 Å². The highest BCUT2D eigenvalue weighted by molar-refractivity contribution is 7.92. The van der Waals surface area contributed by atoms with Gasteiger partial charge in [-0.2, -0.15) is 0 Å². The Bertz CT molecular complexity index is 973. The zero-order valence-corrected chi connectivity index (χ0v) is 18.5. The molecule has 2 aromatic carbocycles. The van der Waals surface area contributed by atoms with Gasteiger partial charge in [0.1, 0.15) is 5.82 Å². The molecule has 0 spiro atoms. The van der Waals surface area contributed by atoms with Crippen LogP contribution in [0.2, 0.25) is 0 Å². The van der Waals surface area contributed by atoms with Gasteiger partial charge >= 0.3 is 0 Å². The Morgan fingerprint density at radius 2 is 1.81 bits per heavy atom. The van der Waals surface area contributed by atoms with Gasteiger partial charge in [0.2, 0.25) is 0 Å². The largest absolute Gasteiger partial charge is 0.378 e. The molecule has 0 radical (unpaired) electrons. The summed E-state index contributed by atoms with van der Waals surface area (Å²) in [6.07, 6.45) is 5.74. The molecule has 2 aromatic rings. The summed E-state index contributed by atoms with van der Waals surface area (Å²) in [5.41, 5.74) is 0.231. The van der Waals surface area contributed by atoms with Gasteiger partial charge in [0, 0.05) is 18.7 Å². The zero-order chi connectivity index (χ0) is 22.3. The lowest BCUT2D eigenvalue weighted by Gasteiger charge is -2.23. The molecule has 0 aliphatic heterocycles. The first-order chi connectivity index (χ1) is 14.9. The average Bonchev–Trinajstić information content (AvgIpc) is 3.29. The van der Waals surface area contributed by atoms with E-state index >= 15 is 0 Å². The number of hydrogen-bond acceptors (Lipinski definition) is 4. The van der Waals surface area contributed by atoms with Crippen molar-refractivity contribution in [2.45, 2.75) is 50.0 Å². The van der Waals surface area contributed by atoms with Crippen LogP contribution in [0.1, 0.15) is 49.4 Å². The van der Waals surface area contributed by atoms with E-state index in [9.17, 15) is 17.6 Å². The monoisotopic (exact) mass is 448 g/mol. The van der Waals surface area contributed by atoms with E-state index in [0.717, 1.165) is 6.42 Å². The second-order valence-electron chi connectivity index (χ2n) is 7.69. The number of hydrogen-bond donors (Lipinski definition) is 2. The number of halogens is 1. The normalized spacial score (nSPS) is 15.5. The second kappa shape index (κ2) is 10.7. The Balaban J connectivity index is 1.56. The highest BCUT2D eigenvalue weighted by Gasteiger charge is 2.25. The molecule has 0 bridgehead atoms. The molecule has 1 saturated carbocycles. The van der Waals surface area contributed by atoms with Crippen molar-refractivity contribution in [2.24, 2.45) is 5.92 Å². The van der Waals surface area contributed by atoms with Crippen molar-refractivity contribution in [3.8, 4) is 0 Å². The van der Waals surface area contributed by atoms with Crippen LogP contribution < -0.4 is 10.0 Å². The minimum Gasteiger partial charge on any atom is -0.378 e. The van der Waals surface area contributed by atoms with Crippen molar-refractivity contribution in [2.75, 3.05) is 17.9 Å². The van der Waals surface area contributed by atoms with E-state index in [1.807, 2.05) is 6.92 Å². The number of amides is 1. The van der Waals surface area contributed by atoms with Crippen LogP contribution in [0, 0.1) is 11.7 Å². The Labute approximate surface area is 183 Å². The van der Waals surface area contributed by atoms with Crippen molar-refractivity contribution < 1.29 is 22.3 Å². The molecule has 1 amide bonds. The van der Waals surface area contributed by atoms with Crippen LogP contribution in [0.25, 0.3) is 0 Å². The van der Waals surface area contributed by atoms with E-state index in [0.29, 0.717) is 24.6 Å². The number of carbonyl (C=O) groups excluding carboxylic acids is 1. The number of rotatable bonds is 10. The van der Waals surface area contributed by atoms with Crippen LogP contribution in [0.5, 0.6) is 0 Å². The summed E-state index contributed by atoms with van der Waals surface area (Å²) in [6.45, 7) is 3.14. The molecule has 3 rings (SSSR count). The van der Waals surface area contributed by atoms with Gasteiger partial charge in [-0.15, -0.1) is 0 Å². The van der Waals surface area contributed by atoms with Gasteiger partial charge < -0.3 is 10.1 Å². The number of sulfonamides is 1. The fraction of sp³-hybridized carbons (Fsp3) is 0.435. The lowest BCUT2D eigenvalue weighted by molar-refractivity contribution is 0.0163. The molecule has 0 heterocycles. The summed E-state index contributed by atoms with van der Waals surface area (Å²) in [5.74, 6) is -0.374. The quantitative estimate of drug-likeness (QED) is 0.566. The van der Waals surface area contributed by atoms with E-state index in [2.05, 4.69) is 10.0 Å². The first-order valence-corrected chi connectivity index (χ1v) is 12.2. The molecule has 168 valence electrons. The first-order valence-electron chi connectivity index (χ1n) is 10.7. The van der Waals surface area contributed by atoms with E-state index in [-0.39, 0.29) is 22.6 Å². The molecule has 1 aliphatic carbocycles. The molecule has 0 saturated heterocycles. The highest BCUT2D eigenvalue weighted by Crippen LogP contribution is 2.30. The van der Waals surface area contributed by atoms with Crippen LogP contribution in [0.15, 0.2) is 53.4 Å². The molecule has 1 aliphatic rings.